The van der Waals surface area contributed by atoms with Crippen LogP contribution >= 0.6 is 0 Å². The van der Waals surface area contributed by atoms with Crippen molar-refractivity contribution < 1.29 is 8.42 Å². The summed E-state index contributed by atoms with van der Waals surface area (Å²) >= 11 is 0. The van der Waals surface area contributed by atoms with Gasteiger partial charge in [-0.3, -0.25) is 0 Å². The van der Waals surface area contributed by atoms with E-state index in [1.807, 2.05) is 13.8 Å². The number of hydrogen-bond acceptors (Lipinski definition) is 4. The molecular formula is C12H21N3O2S. The molecule has 0 spiro atoms. The lowest BCUT2D eigenvalue weighted by Gasteiger charge is -2.13. The minimum Gasteiger partial charge on any atom is -0.381 e. The number of rotatable bonds is 7. The van der Waals surface area contributed by atoms with Crippen molar-refractivity contribution in [1.29, 1.82) is 0 Å². The molecule has 0 saturated heterocycles. The Morgan fingerprint density at radius 3 is 2.39 bits per heavy atom. The highest BCUT2D eigenvalue weighted by molar-refractivity contribution is 7.89. The molecule has 18 heavy (non-hydrogen) atoms. The van der Waals surface area contributed by atoms with Crippen molar-refractivity contribution in [3.63, 3.8) is 0 Å². The summed E-state index contributed by atoms with van der Waals surface area (Å²) in [6.45, 7) is 4.86. The summed E-state index contributed by atoms with van der Waals surface area (Å²) in [6, 6.07) is 6.82. The highest BCUT2D eigenvalue weighted by atomic mass is 32.2. The summed E-state index contributed by atoms with van der Waals surface area (Å²) in [4.78, 5) is 0.280. The van der Waals surface area contributed by atoms with E-state index in [9.17, 15) is 8.42 Å². The fourth-order valence-electron chi connectivity index (χ4n) is 1.39. The fraction of sp³-hybridized carbons (Fsp3) is 0.500. The summed E-state index contributed by atoms with van der Waals surface area (Å²) in [5.74, 6) is 0. The molecule has 5 nitrogen and oxygen atoms in total. The van der Waals surface area contributed by atoms with Gasteiger partial charge < -0.3 is 11.1 Å². The molecule has 1 aromatic carbocycles. The van der Waals surface area contributed by atoms with E-state index in [0.717, 1.165) is 12.1 Å². The van der Waals surface area contributed by atoms with Crippen LogP contribution in [-0.2, 0) is 10.0 Å². The van der Waals surface area contributed by atoms with Gasteiger partial charge in [0.05, 0.1) is 4.90 Å². The Morgan fingerprint density at radius 2 is 1.89 bits per heavy atom. The van der Waals surface area contributed by atoms with Crippen LogP contribution in [0.2, 0.25) is 0 Å². The number of hydrogen-bond donors (Lipinski definition) is 3. The molecule has 0 aliphatic rings. The quantitative estimate of drug-likeness (QED) is 0.694. The van der Waals surface area contributed by atoms with Gasteiger partial charge >= 0.3 is 0 Å². The monoisotopic (exact) mass is 271 g/mol. The van der Waals surface area contributed by atoms with Gasteiger partial charge in [0.25, 0.3) is 0 Å². The van der Waals surface area contributed by atoms with Crippen molar-refractivity contribution in [2.45, 2.75) is 31.2 Å². The second-order valence-corrected chi connectivity index (χ2v) is 5.97. The Balaban J connectivity index is 2.76. The summed E-state index contributed by atoms with van der Waals surface area (Å²) in [6.07, 6.45) is 0.771. The van der Waals surface area contributed by atoms with Gasteiger partial charge in [-0.25, -0.2) is 13.1 Å². The zero-order valence-corrected chi connectivity index (χ0v) is 11.6. The SMILES string of the molecule is CCCNS(=O)(=O)c1ccc(NC(C)CN)cc1. The Kier molecular flexibility index (Phi) is 5.58. The van der Waals surface area contributed by atoms with E-state index in [0.29, 0.717) is 13.1 Å². The molecular weight excluding hydrogens is 250 g/mol. The maximum Gasteiger partial charge on any atom is 0.240 e. The van der Waals surface area contributed by atoms with E-state index in [-0.39, 0.29) is 10.9 Å². The Hall–Kier alpha value is -1.11. The highest BCUT2D eigenvalue weighted by Crippen LogP contribution is 2.14. The lowest BCUT2D eigenvalue weighted by atomic mass is 10.2. The number of sulfonamides is 1. The van der Waals surface area contributed by atoms with E-state index >= 15 is 0 Å². The van der Waals surface area contributed by atoms with Crippen molar-refractivity contribution in [1.82, 2.24) is 4.72 Å². The van der Waals surface area contributed by atoms with Crippen LogP contribution in [0.25, 0.3) is 0 Å². The van der Waals surface area contributed by atoms with E-state index in [2.05, 4.69) is 10.0 Å². The van der Waals surface area contributed by atoms with Gasteiger partial charge in [-0.05, 0) is 37.6 Å². The van der Waals surface area contributed by atoms with Gasteiger partial charge in [0, 0.05) is 24.8 Å². The molecule has 0 aromatic heterocycles. The van der Waals surface area contributed by atoms with Gasteiger partial charge in [0.2, 0.25) is 10.0 Å². The zero-order chi connectivity index (χ0) is 13.6. The first kappa shape index (κ1) is 14.9. The number of nitrogens with one attached hydrogen (secondary N) is 2. The third-order valence-electron chi connectivity index (χ3n) is 2.47. The summed E-state index contributed by atoms with van der Waals surface area (Å²) in [7, 11) is -3.38. The maximum atomic E-state index is 11.8. The van der Waals surface area contributed by atoms with Gasteiger partial charge in [-0.2, -0.15) is 0 Å². The average molecular weight is 271 g/mol. The second kappa shape index (κ2) is 6.72. The van der Waals surface area contributed by atoms with E-state index in [1.165, 1.54) is 0 Å². The zero-order valence-electron chi connectivity index (χ0n) is 10.8. The molecule has 0 radical (unpaired) electrons. The number of nitrogens with two attached hydrogens (primary N) is 1. The van der Waals surface area contributed by atoms with Gasteiger partial charge in [-0.15, -0.1) is 0 Å². The van der Waals surface area contributed by atoms with Crippen LogP contribution in [0, 0.1) is 0 Å². The highest BCUT2D eigenvalue weighted by Gasteiger charge is 2.12. The lowest BCUT2D eigenvalue weighted by molar-refractivity contribution is 0.581. The molecule has 1 rings (SSSR count). The molecule has 0 bridgehead atoms. The Morgan fingerprint density at radius 1 is 1.28 bits per heavy atom. The van der Waals surface area contributed by atoms with Gasteiger partial charge in [0.1, 0.15) is 0 Å². The largest absolute Gasteiger partial charge is 0.381 e. The first-order valence-electron chi connectivity index (χ1n) is 6.06. The molecule has 1 atom stereocenters. The normalized spacial score (nSPS) is 13.3. The third kappa shape index (κ3) is 4.29. The third-order valence-corrected chi connectivity index (χ3v) is 3.95. The predicted molar refractivity (Wildman–Crippen MR) is 74.1 cm³/mol. The fourth-order valence-corrected chi connectivity index (χ4v) is 2.53. The van der Waals surface area contributed by atoms with Crippen molar-refractivity contribution in [2.75, 3.05) is 18.4 Å². The number of anilines is 1. The van der Waals surface area contributed by atoms with Crippen LogP contribution < -0.4 is 15.8 Å². The smallest absolute Gasteiger partial charge is 0.240 e. The maximum absolute atomic E-state index is 11.8. The number of benzene rings is 1. The molecule has 0 amide bonds. The molecule has 1 aromatic rings. The molecule has 0 fully saturated rings. The predicted octanol–water partition coefficient (Wildman–Crippen LogP) is 1.13. The molecule has 4 N–H and O–H groups in total. The molecule has 102 valence electrons. The summed E-state index contributed by atoms with van der Waals surface area (Å²) in [5, 5.41) is 3.17. The molecule has 0 heterocycles. The van der Waals surface area contributed by atoms with Crippen LogP contribution in [0.4, 0.5) is 5.69 Å². The van der Waals surface area contributed by atoms with Crippen LogP contribution in [0.15, 0.2) is 29.2 Å². The van der Waals surface area contributed by atoms with Crippen molar-refractivity contribution in [3.05, 3.63) is 24.3 Å². The average Bonchev–Trinajstić information content (AvgIpc) is 2.37. The van der Waals surface area contributed by atoms with E-state index < -0.39 is 10.0 Å². The van der Waals surface area contributed by atoms with Crippen molar-refractivity contribution in [2.24, 2.45) is 5.73 Å². The molecule has 1 unspecified atom stereocenters. The van der Waals surface area contributed by atoms with Gasteiger partial charge in [0.15, 0.2) is 0 Å². The Labute approximate surface area is 109 Å². The Bertz CT molecular complexity index is 457. The topological polar surface area (TPSA) is 84.2 Å². The lowest BCUT2D eigenvalue weighted by Crippen LogP contribution is -2.25. The van der Waals surface area contributed by atoms with Crippen LogP contribution in [0.3, 0.4) is 0 Å². The first-order valence-corrected chi connectivity index (χ1v) is 7.54. The van der Waals surface area contributed by atoms with Crippen LogP contribution in [0.1, 0.15) is 20.3 Å². The summed E-state index contributed by atoms with van der Waals surface area (Å²) in [5.41, 5.74) is 6.37. The van der Waals surface area contributed by atoms with E-state index in [4.69, 9.17) is 5.73 Å². The van der Waals surface area contributed by atoms with Gasteiger partial charge in [-0.1, -0.05) is 6.92 Å². The minimum absolute atomic E-state index is 0.158. The standard InChI is InChI=1S/C12H21N3O2S/c1-3-8-14-18(16,17)12-6-4-11(5-7-12)15-10(2)9-13/h4-7,10,14-15H,3,8-9,13H2,1-2H3. The van der Waals surface area contributed by atoms with Crippen molar-refractivity contribution >= 4 is 15.7 Å². The van der Waals surface area contributed by atoms with E-state index in [1.54, 1.807) is 24.3 Å². The van der Waals surface area contributed by atoms with Crippen LogP contribution in [0.5, 0.6) is 0 Å². The first-order chi connectivity index (χ1) is 8.49. The molecule has 0 aliphatic heterocycles. The minimum atomic E-state index is -3.38. The molecule has 0 saturated carbocycles. The molecule has 6 heteroatoms. The second-order valence-electron chi connectivity index (χ2n) is 4.20. The van der Waals surface area contributed by atoms with Crippen molar-refractivity contribution in [3.8, 4) is 0 Å². The summed E-state index contributed by atoms with van der Waals surface area (Å²) < 4.78 is 26.2. The van der Waals surface area contributed by atoms with Crippen LogP contribution in [-0.4, -0.2) is 27.5 Å². The molecule has 0 aliphatic carbocycles.